The molecule has 0 saturated heterocycles. The average Bonchev–Trinajstić information content (AvgIpc) is 2.49. The summed E-state index contributed by atoms with van der Waals surface area (Å²) in [7, 11) is 2.21. The number of fused-ring (bicyclic) bond motifs is 1. The maximum absolute atomic E-state index is 2.50. The summed E-state index contributed by atoms with van der Waals surface area (Å²) in [5, 5.41) is 0. The van der Waals surface area contributed by atoms with Crippen molar-refractivity contribution in [2.45, 2.75) is 26.3 Å². The molecule has 0 atom stereocenters. The van der Waals surface area contributed by atoms with E-state index in [1.54, 1.807) is 0 Å². The number of benzene rings is 1. The number of hydrogen-bond donors (Lipinski definition) is 0. The first-order chi connectivity index (χ1) is 6.20. The fraction of sp³-hybridized carbons (Fsp3) is 0.455. The third-order valence-corrected chi connectivity index (χ3v) is 2.85. The van der Waals surface area contributed by atoms with Crippen LogP contribution in [0.1, 0.15) is 19.4 Å². The number of anilines is 1. The highest BCUT2D eigenvalue weighted by molar-refractivity contribution is 6.36. The van der Waals surface area contributed by atoms with Gasteiger partial charge in [-0.15, -0.1) is 0 Å². The van der Waals surface area contributed by atoms with Gasteiger partial charge in [-0.25, -0.2) is 0 Å². The maximum Gasteiger partial charge on any atom is 0.142 e. The molecule has 0 radical (unpaired) electrons. The summed E-state index contributed by atoms with van der Waals surface area (Å²) in [5.74, 6) is 0. The predicted octanol–water partition coefficient (Wildman–Crippen LogP) is 0.716. The molecule has 13 heavy (non-hydrogen) atoms. The molecular formula is C11H16BN. The van der Waals surface area contributed by atoms with Crippen LogP contribution in [0, 0.1) is 0 Å². The van der Waals surface area contributed by atoms with E-state index in [1.165, 1.54) is 29.7 Å². The van der Waals surface area contributed by atoms with Crippen LogP contribution in [0.25, 0.3) is 0 Å². The first-order valence-corrected chi connectivity index (χ1v) is 5.05. The van der Waals surface area contributed by atoms with E-state index >= 15 is 0 Å². The Balaban J connectivity index is 2.46. The summed E-state index contributed by atoms with van der Waals surface area (Å²) in [6.07, 6.45) is 1.22. The van der Waals surface area contributed by atoms with Gasteiger partial charge >= 0.3 is 0 Å². The number of rotatable bonds is 1. The van der Waals surface area contributed by atoms with E-state index in [0.717, 1.165) is 0 Å². The molecule has 0 amide bonds. The molecule has 0 aliphatic carbocycles. The maximum atomic E-state index is 2.50. The standard InChI is InChI=1S/C11H16BN/c1-8(2)13-7-6-9-4-3-5-10(12)11(9)13/h3-5,8H,6-7,12H2,1-2H3. The van der Waals surface area contributed by atoms with Crippen LogP contribution in [0.4, 0.5) is 5.69 Å². The summed E-state index contributed by atoms with van der Waals surface area (Å²) in [5.41, 5.74) is 4.43. The van der Waals surface area contributed by atoms with E-state index in [1.807, 2.05) is 0 Å². The van der Waals surface area contributed by atoms with Crippen LogP contribution in [0.2, 0.25) is 0 Å². The van der Waals surface area contributed by atoms with Crippen molar-refractivity contribution in [2.24, 2.45) is 0 Å². The predicted molar refractivity (Wildman–Crippen MR) is 60.8 cm³/mol. The Morgan fingerprint density at radius 3 is 2.85 bits per heavy atom. The lowest BCUT2D eigenvalue weighted by Gasteiger charge is -2.25. The lowest BCUT2D eigenvalue weighted by atomic mass is 9.91. The number of para-hydroxylation sites is 1. The Labute approximate surface area is 81.2 Å². The minimum atomic E-state index is 0.627. The topological polar surface area (TPSA) is 3.24 Å². The van der Waals surface area contributed by atoms with Crippen LogP contribution in [0.3, 0.4) is 0 Å². The van der Waals surface area contributed by atoms with Crippen LogP contribution in [-0.2, 0) is 6.42 Å². The highest BCUT2D eigenvalue weighted by Crippen LogP contribution is 2.26. The molecule has 0 fully saturated rings. The first kappa shape index (κ1) is 8.67. The monoisotopic (exact) mass is 173 g/mol. The largest absolute Gasteiger partial charge is 0.369 e. The van der Waals surface area contributed by atoms with E-state index in [0.29, 0.717) is 6.04 Å². The lowest BCUT2D eigenvalue weighted by Crippen LogP contribution is -2.31. The van der Waals surface area contributed by atoms with Crippen molar-refractivity contribution in [3.63, 3.8) is 0 Å². The first-order valence-electron chi connectivity index (χ1n) is 5.05. The van der Waals surface area contributed by atoms with Crippen LogP contribution in [0.5, 0.6) is 0 Å². The van der Waals surface area contributed by atoms with Crippen molar-refractivity contribution in [2.75, 3.05) is 11.4 Å². The molecule has 1 aliphatic rings. The number of hydrogen-bond acceptors (Lipinski definition) is 1. The quantitative estimate of drug-likeness (QED) is 0.565. The van der Waals surface area contributed by atoms with Crippen LogP contribution >= 0.6 is 0 Å². The van der Waals surface area contributed by atoms with Gasteiger partial charge in [-0.1, -0.05) is 23.7 Å². The van der Waals surface area contributed by atoms with Gasteiger partial charge in [0, 0.05) is 18.3 Å². The van der Waals surface area contributed by atoms with Gasteiger partial charge in [-0.05, 0) is 25.8 Å². The van der Waals surface area contributed by atoms with Crippen molar-refractivity contribution < 1.29 is 0 Å². The summed E-state index contributed by atoms with van der Waals surface area (Å²) in [6.45, 7) is 5.72. The highest BCUT2D eigenvalue weighted by Gasteiger charge is 2.21. The molecule has 0 spiro atoms. The summed E-state index contributed by atoms with van der Waals surface area (Å²) in [6, 6.07) is 7.25. The summed E-state index contributed by atoms with van der Waals surface area (Å²) in [4.78, 5) is 2.50. The molecule has 2 rings (SSSR count). The molecule has 1 nitrogen and oxygen atoms in total. The Kier molecular flexibility index (Phi) is 2.07. The normalized spacial score (nSPS) is 15.2. The van der Waals surface area contributed by atoms with Gasteiger partial charge in [0.05, 0.1) is 0 Å². The third-order valence-electron chi connectivity index (χ3n) is 2.85. The zero-order valence-electron chi connectivity index (χ0n) is 8.67. The molecule has 1 heterocycles. The van der Waals surface area contributed by atoms with Gasteiger partial charge in [0.25, 0.3) is 0 Å². The second-order valence-electron chi connectivity index (χ2n) is 4.12. The molecule has 1 aromatic rings. The minimum absolute atomic E-state index is 0.627. The minimum Gasteiger partial charge on any atom is -0.369 e. The van der Waals surface area contributed by atoms with Gasteiger partial charge in [-0.2, -0.15) is 0 Å². The van der Waals surface area contributed by atoms with E-state index < -0.39 is 0 Å². The summed E-state index contributed by atoms with van der Waals surface area (Å²) < 4.78 is 0. The second-order valence-corrected chi connectivity index (χ2v) is 4.12. The highest BCUT2D eigenvalue weighted by atomic mass is 15.2. The molecule has 0 N–H and O–H groups in total. The number of nitrogens with zero attached hydrogens (tertiary/aromatic N) is 1. The van der Waals surface area contributed by atoms with Crippen molar-refractivity contribution in [3.8, 4) is 0 Å². The van der Waals surface area contributed by atoms with Gasteiger partial charge in [0.2, 0.25) is 0 Å². The van der Waals surface area contributed by atoms with E-state index in [4.69, 9.17) is 0 Å². The third kappa shape index (κ3) is 1.34. The Morgan fingerprint density at radius 1 is 1.38 bits per heavy atom. The van der Waals surface area contributed by atoms with Gasteiger partial charge in [0.15, 0.2) is 0 Å². The Morgan fingerprint density at radius 2 is 2.15 bits per heavy atom. The molecule has 0 aromatic heterocycles. The van der Waals surface area contributed by atoms with Crippen molar-refractivity contribution in [1.82, 2.24) is 0 Å². The second kappa shape index (κ2) is 3.10. The van der Waals surface area contributed by atoms with E-state index in [2.05, 4.69) is 44.8 Å². The fourth-order valence-corrected chi connectivity index (χ4v) is 2.20. The molecular weight excluding hydrogens is 157 g/mol. The average molecular weight is 173 g/mol. The Hall–Kier alpha value is -0.915. The van der Waals surface area contributed by atoms with Crippen molar-refractivity contribution in [3.05, 3.63) is 23.8 Å². The smallest absolute Gasteiger partial charge is 0.142 e. The molecule has 2 heteroatoms. The zero-order chi connectivity index (χ0) is 9.42. The lowest BCUT2D eigenvalue weighted by molar-refractivity contribution is 0.711. The van der Waals surface area contributed by atoms with Crippen LogP contribution < -0.4 is 10.4 Å². The summed E-state index contributed by atoms with van der Waals surface area (Å²) >= 11 is 0. The van der Waals surface area contributed by atoms with E-state index in [9.17, 15) is 0 Å². The molecule has 1 aromatic carbocycles. The molecule has 0 bridgehead atoms. The van der Waals surface area contributed by atoms with Crippen molar-refractivity contribution in [1.29, 1.82) is 0 Å². The van der Waals surface area contributed by atoms with Crippen LogP contribution in [-0.4, -0.2) is 20.4 Å². The van der Waals surface area contributed by atoms with Gasteiger partial charge < -0.3 is 4.90 Å². The van der Waals surface area contributed by atoms with Crippen LogP contribution in [0.15, 0.2) is 18.2 Å². The van der Waals surface area contributed by atoms with Gasteiger partial charge in [0.1, 0.15) is 7.85 Å². The molecule has 0 unspecified atom stereocenters. The molecule has 68 valence electrons. The SMILES string of the molecule is Bc1cccc2c1N(C(C)C)CC2. The van der Waals surface area contributed by atoms with Gasteiger partial charge in [-0.3, -0.25) is 0 Å². The van der Waals surface area contributed by atoms with Crippen molar-refractivity contribution >= 4 is 19.0 Å². The van der Waals surface area contributed by atoms with E-state index in [-0.39, 0.29) is 0 Å². The fourth-order valence-electron chi connectivity index (χ4n) is 2.20. The Bertz CT molecular complexity index is 320. The zero-order valence-corrected chi connectivity index (χ0v) is 8.67. The molecule has 1 aliphatic heterocycles. The molecule has 0 saturated carbocycles.